The maximum Gasteiger partial charge on any atom is 0.573 e. The first-order valence-corrected chi connectivity index (χ1v) is 7.16. The average Bonchev–Trinajstić information content (AvgIpc) is 2.81. The average molecular weight is 285 g/mol. The van der Waals surface area contributed by atoms with Crippen molar-refractivity contribution in [2.75, 3.05) is 11.9 Å². The first-order chi connectivity index (χ1) is 9.53. The van der Waals surface area contributed by atoms with Crippen LogP contribution in [0.2, 0.25) is 0 Å². The van der Waals surface area contributed by atoms with Crippen molar-refractivity contribution >= 4 is 5.69 Å². The number of hydrogen-bond donors (Lipinski definition) is 1. The summed E-state index contributed by atoms with van der Waals surface area (Å²) in [6.45, 7) is 0.829. The number of alkyl halides is 3. The zero-order chi connectivity index (χ0) is 14.2. The van der Waals surface area contributed by atoms with Crippen LogP contribution in [0.25, 0.3) is 0 Å². The van der Waals surface area contributed by atoms with E-state index in [1.54, 1.807) is 12.1 Å². The fourth-order valence-corrected chi connectivity index (χ4v) is 3.49. The number of benzene rings is 1. The van der Waals surface area contributed by atoms with Crippen LogP contribution in [-0.4, -0.2) is 12.9 Å². The molecule has 0 amide bonds. The molecule has 1 atom stereocenters. The van der Waals surface area contributed by atoms with Gasteiger partial charge in [-0.3, -0.25) is 0 Å². The van der Waals surface area contributed by atoms with Crippen LogP contribution >= 0.6 is 0 Å². The van der Waals surface area contributed by atoms with Crippen LogP contribution in [0.15, 0.2) is 18.2 Å². The Hall–Kier alpha value is -1.39. The van der Waals surface area contributed by atoms with Gasteiger partial charge in [-0.2, -0.15) is 0 Å². The number of fused-ring (bicyclic) bond motifs is 1. The Morgan fingerprint density at radius 3 is 2.55 bits per heavy atom. The van der Waals surface area contributed by atoms with Gasteiger partial charge in [-0.1, -0.05) is 19.3 Å². The van der Waals surface area contributed by atoms with Crippen molar-refractivity contribution in [3.05, 3.63) is 23.8 Å². The molecule has 0 aromatic heterocycles. The summed E-state index contributed by atoms with van der Waals surface area (Å²) in [4.78, 5) is 0. The van der Waals surface area contributed by atoms with Gasteiger partial charge >= 0.3 is 6.36 Å². The van der Waals surface area contributed by atoms with E-state index in [0.717, 1.165) is 17.8 Å². The predicted molar refractivity (Wildman–Crippen MR) is 70.9 cm³/mol. The summed E-state index contributed by atoms with van der Waals surface area (Å²) in [7, 11) is 0. The molecule has 1 aromatic carbocycles. The summed E-state index contributed by atoms with van der Waals surface area (Å²) in [6.07, 6.45) is 1.47. The number of rotatable bonds is 2. The molecule has 1 N–H and O–H groups in total. The summed E-state index contributed by atoms with van der Waals surface area (Å²) in [5.74, 6) is 0.793. The van der Waals surface area contributed by atoms with Gasteiger partial charge in [-0.15, -0.1) is 13.2 Å². The molecular weight excluding hydrogens is 267 g/mol. The highest BCUT2D eigenvalue weighted by Gasteiger charge is 2.34. The van der Waals surface area contributed by atoms with E-state index >= 15 is 0 Å². The lowest BCUT2D eigenvalue weighted by atomic mass is 9.78. The van der Waals surface area contributed by atoms with Crippen molar-refractivity contribution in [3.8, 4) is 5.75 Å². The van der Waals surface area contributed by atoms with Crippen molar-refractivity contribution in [3.63, 3.8) is 0 Å². The molecule has 0 saturated heterocycles. The van der Waals surface area contributed by atoms with E-state index < -0.39 is 6.36 Å². The smallest absolute Gasteiger partial charge is 0.406 e. The number of halogens is 3. The Balaban J connectivity index is 1.81. The lowest BCUT2D eigenvalue weighted by Crippen LogP contribution is -2.19. The first kappa shape index (κ1) is 13.6. The van der Waals surface area contributed by atoms with Crippen molar-refractivity contribution in [2.24, 2.45) is 5.92 Å². The van der Waals surface area contributed by atoms with E-state index in [9.17, 15) is 13.2 Å². The third kappa shape index (κ3) is 2.86. The predicted octanol–water partition coefficient (Wildman–Crippen LogP) is 4.67. The molecule has 1 heterocycles. The molecule has 0 radical (unpaired) electrons. The van der Waals surface area contributed by atoms with Gasteiger partial charge in [0.1, 0.15) is 5.75 Å². The number of ether oxygens (including phenoxy) is 1. The van der Waals surface area contributed by atoms with Gasteiger partial charge in [-0.25, -0.2) is 0 Å². The van der Waals surface area contributed by atoms with Gasteiger partial charge in [0.2, 0.25) is 0 Å². The molecule has 110 valence electrons. The molecule has 0 bridgehead atoms. The van der Waals surface area contributed by atoms with E-state index in [2.05, 4.69) is 10.1 Å². The third-order valence-corrected chi connectivity index (χ3v) is 4.39. The van der Waals surface area contributed by atoms with Gasteiger partial charge in [0, 0.05) is 18.2 Å². The molecule has 1 aliphatic carbocycles. The normalized spacial score (nSPS) is 23.2. The summed E-state index contributed by atoms with van der Waals surface area (Å²) in [5, 5.41) is 3.30. The number of hydrogen-bond acceptors (Lipinski definition) is 2. The Kier molecular flexibility index (Phi) is 3.52. The second kappa shape index (κ2) is 5.19. The fraction of sp³-hybridized carbons (Fsp3) is 0.600. The van der Waals surface area contributed by atoms with Crippen LogP contribution in [0.4, 0.5) is 18.9 Å². The lowest BCUT2D eigenvalue weighted by molar-refractivity contribution is -0.274. The standard InChI is InChI=1S/C15H18F3NO/c16-15(17,18)20-11-6-7-14-12(8-11)13(9-19-14)10-4-2-1-3-5-10/h6-8,10,13,19H,1-5,9H2. The molecule has 0 spiro atoms. The van der Waals surface area contributed by atoms with E-state index in [0.29, 0.717) is 11.8 Å². The highest BCUT2D eigenvalue weighted by atomic mass is 19.4. The van der Waals surface area contributed by atoms with Crippen molar-refractivity contribution in [2.45, 2.75) is 44.4 Å². The molecule has 3 rings (SSSR count). The van der Waals surface area contributed by atoms with Crippen LogP contribution in [0.5, 0.6) is 5.75 Å². The van der Waals surface area contributed by atoms with Gasteiger partial charge in [0.05, 0.1) is 0 Å². The minimum Gasteiger partial charge on any atom is -0.406 e. The third-order valence-electron chi connectivity index (χ3n) is 4.39. The molecule has 20 heavy (non-hydrogen) atoms. The van der Waals surface area contributed by atoms with Crippen LogP contribution in [0.3, 0.4) is 0 Å². The monoisotopic (exact) mass is 285 g/mol. The summed E-state index contributed by atoms with van der Waals surface area (Å²) < 4.78 is 41.0. The second-order valence-corrected chi connectivity index (χ2v) is 5.68. The molecule has 2 aliphatic rings. The SMILES string of the molecule is FC(F)(F)Oc1ccc2c(c1)C(C1CCCCC1)CN2. The molecule has 5 heteroatoms. The Bertz CT molecular complexity index is 480. The largest absolute Gasteiger partial charge is 0.573 e. The minimum absolute atomic E-state index is 0.110. The van der Waals surface area contributed by atoms with Crippen LogP contribution in [0, 0.1) is 5.92 Å². The molecule has 1 unspecified atom stereocenters. The van der Waals surface area contributed by atoms with Crippen LogP contribution < -0.4 is 10.1 Å². The summed E-state index contributed by atoms with van der Waals surface area (Å²) in [6, 6.07) is 4.63. The zero-order valence-corrected chi connectivity index (χ0v) is 11.2. The highest BCUT2D eigenvalue weighted by Crippen LogP contribution is 2.43. The molecule has 1 aromatic rings. The van der Waals surface area contributed by atoms with Crippen LogP contribution in [0.1, 0.15) is 43.6 Å². The zero-order valence-electron chi connectivity index (χ0n) is 11.2. The highest BCUT2D eigenvalue weighted by molar-refractivity contribution is 5.60. The molecule has 1 fully saturated rings. The van der Waals surface area contributed by atoms with E-state index in [1.165, 1.54) is 38.2 Å². The van der Waals surface area contributed by atoms with Gasteiger partial charge in [0.25, 0.3) is 0 Å². The van der Waals surface area contributed by atoms with Gasteiger partial charge < -0.3 is 10.1 Å². The second-order valence-electron chi connectivity index (χ2n) is 5.68. The summed E-state index contributed by atoms with van der Waals surface area (Å²) in [5.41, 5.74) is 1.94. The Morgan fingerprint density at radius 2 is 1.85 bits per heavy atom. The van der Waals surface area contributed by atoms with Gasteiger partial charge in [-0.05, 0) is 42.5 Å². The number of nitrogens with one attached hydrogen (secondary N) is 1. The molecule has 2 nitrogen and oxygen atoms in total. The quantitative estimate of drug-likeness (QED) is 0.852. The first-order valence-electron chi connectivity index (χ1n) is 7.16. The maximum absolute atomic E-state index is 12.3. The molecular formula is C15H18F3NO. The van der Waals surface area contributed by atoms with Gasteiger partial charge in [0.15, 0.2) is 0 Å². The maximum atomic E-state index is 12.3. The van der Waals surface area contributed by atoms with Crippen molar-refractivity contribution in [1.82, 2.24) is 0 Å². The number of anilines is 1. The molecule has 1 saturated carbocycles. The van der Waals surface area contributed by atoms with E-state index in [1.807, 2.05) is 0 Å². The Labute approximate surface area is 116 Å². The van der Waals surface area contributed by atoms with E-state index in [4.69, 9.17) is 0 Å². The van der Waals surface area contributed by atoms with Crippen molar-refractivity contribution < 1.29 is 17.9 Å². The summed E-state index contributed by atoms with van der Waals surface area (Å²) >= 11 is 0. The fourth-order valence-electron chi connectivity index (χ4n) is 3.49. The van der Waals surface area contributed by atoms with Crippen LogP contribution in [-0.2, 0) is 0 Å². The van der Waals surface area contributed by atoms with E-state index in [-0.39, 0.29) is 5.75 Å². The topological polar surface area (TPSA) is 21.3 Å². The Morgan fingerprint density at radius 1 is 1.10 bits per heavy atom. The minimum atomic E-state index is -4.62. The van der Waals surface area contributed by atoms with Crippen molar-refractivity contribution in [1.29, 1.82) is 0 Å². The molecule has 1 aliphatic heterocycles. The lowest BCUT2D eigenvalue weighted by Gasteiger charge is -2.27.